The number of nitrogen functional groups attached to an aromatic ring is 1. The average molecular weight is 220 g/mol. The van der Waals surface area contributed by atoms with Gasteiger partial charge in [-0.2, -0.15) is 0 Å². The van der Waals surface area contributed by atoms with Crippen LogP contribution in [0, 0.1) is 0 Å². The normalized spacial score (nSPS) is 13.2. The Morgan fingerprint density at radius 2 is 2.27 bits per heavy atom. The van der Waals surface area contributed by atoms with Crippen molar-refractivity contribution in [1.82, 2.24) is 4.98 Å². The highest BCUT2D eigenvalue weighted by molar-refractivity contribution is 7.18. The standard InChI is InChI=1S/C12H16N2S/c1-3-4-8(2)12-14-10-6-5-9(13)7-11(10)15-12/h5-8H,3-4,13H2,1-2H3. The minimum absolute atomic E-state index is 0.564. The van der Waals surface area contributed by atoms with Crippen LogP contribution in [0.25, 0.3) is 10.2 Å². The van der Waals surface area contributed by atoms with Gasteiger partial charge in [-0.3, -0.25) is 0 Å². The molecule has 1 aromatic carbocycles. The number of nitrogens with zero attached hydrogens (tertiary/aromatic N) is 1. The SMILES string of the molecule is CCCC(C)c1nc2ccc(N)cc2s1. The third-order valence-corrected chi connectivity index (χ3v) is 3.82. The maximum absolute atomic E-state index is 5.75. The van der Waals surface area contributed by atoms with E-state index in [1.807, 2.05) is 18.2 Å². The maximum atomic E-state index is 5.75. The van der Waals surface area contributed by atoms with Crippen LogP contribution in [0.5, 0.6) is 0 Å². The van der Waals surface area contributed by atoms with Crippen LogP contribution in [0.4, 0.5) is 5.69 Å². The lowest BCUT2D eigenvalue weighted by Gasteiger charge is -2.03. The molecule has 2 rings (SSSR count). The number of fused-ring (bicyclic) bond motifs is 1. The summed E-state index contributed by atoms with van der Waals surface area (Å²) in [6.07, 6.45) is 2.41. The van der Waals surface area contributed by atoms with Gasteiger partial charge in [0.2, 0.25) is 0 Å². The lowest BCUT2D eigenvalue weighted by molar-refractivity contribution is 0.662. The predicted molar refractivity (Wildman–Crippen MR) is 67.4 cm³/mol. The summed E-state index contributed by atoms with van der Waals surface area (Å²) in [5.74, 6) is 0.564. The minimum Gasteiger partial charge on any atom is -0.399 e. The van der Waals surface area contributed by atoms with Crippen LogP contribution in [-0.4, -0.2) is 4.98 Å². The summed E-state index contributed by atoms with van der Waals surface area (Å²) >= 11 is 1.77. The van der Waals surface area contributed by atoms with Gasteiger partial charge < -0.3 is 5.73 Å². The van der Waals surface area contributed by atoms with Crippen LogP contribution in [0.15, 0.2) is 18.2 Å². The summed E-state index contributed by atoms with van der Waals surface area (Å²) in [6.45, 7) is 4.45. The zero-order valence-electron chi connectivity index (χ0n) is 9.16. The molecule has 0 saturated heterocycles. The number of hydrogen-bond acceptors (Lipinski definition) is 3. The Kier molecular flexibility index (Phi) is 2.91. The quantitative estimate of drug-likeness (QED) is 0.799. The third-order valence-electron chi connectivity index (χ3n) is 2.57. The Hall–Kier alpha value is -1.09. The van der Waals surface area contributed by atoms with Gasteiger partial charge in [0.25, 0.3) is 0 Å². The summed E-state index contributed by atoms with van der Waals surface area (Å²) in [6, 6.07) is 5.93. The minimum atomic E-state index is 0.564. The molecule has 0 bridgehead atoms. The highest BCUT2D eigenvalue weighted by atomic mass is 32.1. The first-order valence-corrected chi connectivity index (χ1v) is 6.18. The topological polar surface area (TPSA) is 38.9 Å². The monoisotopic (exact) mass is 220 g/mol. The van der Waals surface area contributed by atoms with E-state index in [1.54, 1.807) is 11.3 Å². The van der Waals surface area contributed by atoms with Crippen LogP contribution in [-0.2, 0) is 0 Å². The number of thiazole rings is 1. The van der Waals surface area contributed by atoms with Crippen LogP contribution in [0.1, 0.15) is 37.6 Å². The summed E-state index contributed by atoms with van der Waals surface area (Å²) in [4.78, 5) is 4.64. The van der Waals surface area contributed by atoms with Crippen molar-refractivity contribution >= 4 is 27.2 Å². The van der Waals surface area contributed by atoms with E-state index in [9.17, 15) is 0 Å². The molecule has 0 amide bonds. The Labute approximate surface area is 94.1 Å². The fourth-order valence-electron chi connectivity index (χ4n) is 1.73. The number of hydrogen-bond donors (Lipinski definition) is 1. The molecule has 0 fully saturated rings. The van der Waals surface area contributed by atoms with Crippen molar-refractivity contribution < 1.29 is 0 Å². The Bertz CT molecular complexity index is 462. The van der Waals surface area contributed by atoms with E-state index >= 15 is 0 Å². The number of benzene rings is 1. The van der Waals surface area contributed by atoms with Crippen molar-refractivity contribution in [3.05, 3.63) is 23.2 Å². The zero-order valence-corrected chi connectivity index (χ0v) is 9.97. The first kappa shape index (κ1) is 10.4. The summed E-state index contributed by atoms with van der Waals surface area (Å²) in [5.41, 5.74) is 7.64. The molecule has 0 radical (unpaired) electrons. The van der Waals surface area contributed by atoms with Crippen molar-refractivity contribution in [2.75, 3.05) is 5.73 Å². The molecule has 2 nitrogen and oxygen atoms in total. The van der Waals surface area contributed by atoms with Crippen LogP contribution in [0.3, 0.4) is 0 Å². The molecule has 0 aliphatic rings. The van der Waals surface area contributed by atoms with Gasteiger partial charge in [-0.25, -0.2) is 4.98 Å². The Balaban J connectivity index is 2.38. The zero-order chi connectivity index (χ0) is 10.8. The highest BCUT2D eigenvalue weighted by Crippen LogP contribution is 2.30. The lowest BCUT2D eigenvalue weighted by atomic mass is 10.1. The second-order valence-electron chi connectivity index (χ2n) is 3.97. The highest BCUT2D eigenvalue weighted by Gasteiger charge is 2.10. The van der Waals surface area contributed by atoms with Crippen molar-refractivity contribution in [1.29, 1.82) is 0 Å². The van der Waals surface area contributed by atoms with Gasteiger partial charge in [0, 0.05) is 11.6 Å². The van der Waals surface area contributed by atoms with E-state index in [-0.39, 0.29) is 0 Å². The van der Waals surface area contributed by atoms with Gasteiger partial charge in [0.05, 0.1) is 15.2 Å². The van der Waals surface area contributed by atoms with Crippen molar-refractivity contribution in [2.24, 2.45) is 0 Å². The smallest absolute Gasteiger partial charge is 0.0966 e. The van der Waals surface area contributed by atoms with Crippen molar-refractivity contribution in [3.8, 4) is 0 Å². The molecule has 1 heterocycles. The van der Waals surface area contributed by atoms with Crippen LogP contribution < -0.4 is 5.73 Å². The van der Waals surface area contributed by atoms with E-state index in [4.69, 9.17) is 5.73 Å². The van der Waals surface area contributed by atoms with Gasteiger partial charge in [0.15, 0.2) is 0 Å². The molecule has 1 unspecified atom stereocenters. The second-order valence-corrected chi connectivity index (χ2v) is 5.03. The van der Waals surface area contributed by atoms with Gasteiger partial charge in [-0.05, 0) is 24.6 Å². The van der Waals surface area contributed by atoms with Gasteiger partial charge >= 0.3 is 0 Å². The first-order valence-electron chi connectivity index (χ1n) is 5.36. The Morgan fingerprint density at radius 1 is 1.47 bits per heavy atom. The van der Waals surface area contributed by atoms with Crippen LogP contribution >= 0.6 is 11.3 Å². The van der Waals surface area contributed by atoms with Crippen molar-refractivity contribution in [3.63, 3.8) is 0 Å². The molecule has 15 heavy (non-hydrogen) atoms. The molecular weight excluding hydrogens is 204 g/mol. The molecule has 0 saturated carbocycles. The maximum Gasteiger partial charge on any atom is 0.0966 e. The second kappa shape index (κ2) is 4.19. The Morgan fingerprint density at radius 3 is 3.00 bits per heavy atom. The first-order chi connectivity index (χ1) is 7.20. The molecule has 1 atom stereocenters. The number of rotatable bonds is 3. The van der Waals surface area contributed by atoms with Gasteiger partial charge in [0.1, 0.15) is 0 Å². The van der Waals surface area contributed by atoms with E-state index in [1.165, 1.54) is 22.5 Å². The average Bonchev–Trinajstić information content (AvgIpc) is 2.60. The molecule has 3 heteroatoms. The molecule has 0 aliphatic carbocycles. The van der Waals surface area contributed by atoms with E-state index < -0.39 is 0 Å². The molecule has 80 valence electrons. The molecule has 2 N–H and O–H groups in total. The summed E-state index contributed by atoms with van der Waals surface area (Å²) in [5, 5.41) is 1.23. The number of nitrogens with two attached hydrogens (primary N) is 1. The predicted octanol–water partition coefficient (Wildman–Crippen LogP) is 3.78. The number of anilines is 1. The third kappa shape index (κ3) is 2.12. The van der Waals surface area contributed by atoms with Crippen molar-refractivity contribution in [2.45, 2.75) is 32.6 Å². The van der Waals surface area contributed by atoms with Crippen LogP contribution in [0.2, 0.25) is 0 Å². The fraction of sp³-hybridized carbons (Fsp3) is 0.417. The summed E-state index contributed by atoms with van der Waals surface area (Å²) in [7, 11) is 0. The van der Waals surface area contributed by atoms with E-state index in [0.29, 0.717) is 5.92 Å². The van der Waals surface area contributed by atoms with Gasteiger partial charge in [-0.15, -0.1) is 11.3 Å². The molecule has 2 aromatic rings. The van der Waals surface area contributed by atoms with E-state index in [2.05, 4.69) is 18.8 Å². The molecule has 1 aromatic heterocycles. The lowest BCUT2D eigenvalue weighted by Crippen LogP contribution is -1.90. The fourth-order valence-corrected chi connectivity index (χ4v) is 2.83. The van der Waals surface area contributed by atoms with E-state index in [0.717, 1.165) is 11.2 Å². The molecular formula is C12H16N2S. The molecule has 0 spiro atoms. The number of aromatic nitrogens is 1. The largest absolute Gasteiger partial charge is 0.399 e. The van der Waals surface area contributed by atoms with Gasteiger partial charge in [-0.1, -0.05) is 20.3 Å². The summed E-state index contributed by atoms with van der Waals surface area (Å²) < 4.78 is 1.20. The molecule has 0 aliphatic heterocycles.